The standard InChI is InChI=1S/C14H18Cl2F3N/c1-2-13(11-6-5-10(15)9-12(11)16)20-8-4-3-7-14(17,18)19/h5-6,9,13,20H,2-4,7-8H2,1H3. The minimum absolute atomic E-state index is 0.0330. The Morgan fingerprint density at radius 1 is 1.20 bits per heavy atom. The average Bonchev–Trinajstić information content (AvgIpc) is 2.33. The third kappa shape index (κ3) is 6.33. The van der Waals surface area contributed by atoms with E-state index in [1.54, 1.807) is 12.1 Å². The van der Waals surface area contributed by atoms with Crippen molar-refractivity contribution in [2.45, 2.75) is 44.8 Å². The minimum atomic E-state index is -4.07. The summed E-state index contributed by atoms with van der Waals surface area (Å²) in [4.78, 5) is 0. The molecule has 0 aliphatic rings. The van der Waals surface area contributed by atoms with E-state index in [9.17, 15) is 13.2 Å². The van der Waals surface area contributed by atoms with Gasteiger partial charge in [-0.15, -0.1) is 0 Å². The van der Waals surface area contributed by atoms with Crippen molar-refractivity contribution in [2.75, 3.05) is 6.54 Å². The van der Waals surface area contributed by atoms with E-state index in [-0.39, 0.29) is 12.5 Å². The zero-order valence-corrected chi connectivity index (χ0v) is 12.7. The quantitative estimate of drug-likeness (QED) is 0.627. The number of nitrogens with one attached hydrogen (secondary N) is 1. The van der Waals surface area contributed by atoms with Crippen molar-refractivity contribution < 1.29 is 13.2 Å². The van der Waals surface area contributed by atoms with Crippen molar-refractivity contribution in [3.63, 3.8) is 0 Å². The molecule has 0 fully saturated rings. The van der Waals surface area contributed by atoms with Crippen LogP contribution in [0.3, 0.4) is 0 Å². The molecule has 1 rings (SSSR count). The first-order valence-electron chi connectivity index (χ1n) is 6.58. The van der Waals surface area contributed by atoms with Gasteiger partial charge in [-0.2, -0.15) is 13.2 Å². The lowest BCUT2D eigenvalue weighted by Gasteiger charge is -2.19. The summed E-state index contributed by atoms with van der Waals surface area (Å²) < 4.78 is 36.0. The van der Waals surface area contributed by atoms with Crippen molar-refractivity contribution in [1.82, 2.24) is 5.32 Å². The van der Waals surface area contributed by atoms with Crippen LogP contribution in [0.4, 0.5) is 13.2 Å². The zero-order chi connectivity index (χ0) is 15.2. The van der Waals surface area contributed by atoms with Gasteiger partial charge in [0, 0.05) is 22.5 Å². The molecule has 0 spiro atoms. The van der Waals surface area contributed by atoms with E-state index in [0.29, 0.717) is 23.0 Å². The second-order valence-electron chi connectivity index (χ2n) is 4.65. The van der Waals surface area contributed by atoms with E-state index in [1.165, 1.54) is 0 Å². The number of hydrogen-bond acceptors (Lipinski definition) is 1. The molecule has 1 aromatic rings. The maximum atomic E-state index is 12.0. The summed E-state index contributed by atoms with van der Waals surface area (Å²) in [6.45, 7) is 2.53. The fraction of sp³-hybridized carbons (Fsp3) is 0.571. The summed E-state index contributed by atoms with van der Waals surface area (Å²) in [5, 5.41) is 4.38. The minimum Gasteiger partial charge on any atom is -0.310 e. The lowest BCUT2D eigenvalue weighted by atomic mass is 10.0. The maximum absolute atomic E-state index is 12.0. The molecule has 0 aliphatic carbocycles. The van der Waals surface area contributed by atoms with Gasteiger partial charge in [-0.3, -0.25) is 0 Å². The monoisotopic (exact) mass is 327 g/mol. The zero-order valence-electron chi connectivity index (χ0n) is 11.2. The first-order valence-corrected chi connectivity index (χ1v) is 7.34. The Kier molecular flexibility index (Phi) is 7.13. The fourth-order valence-electron chi connectivity index (χ4n) is 1.99. The largest absolute Gasteiger partial charge is 0.389 e. The van der Waals surface area contributed by atoms with Gasteiger partial charge < -0.3 is 5.32 Å². The number of hydrogen-bond donors (Lipinski definition) is 1. The topological polar surface area (TPSA) is 12.0 Å². The van der Waals surface area contributed by atoms with Gasteiger partial charge >= 0.3 is 6.18 Å². The molecule has 6 heteroatoms. The summed E-state index contributed by atoms with van der Waals surface area (Å²) in [5.41, 5.74) is 0.925. The van der Waals surface area contributed by atoms with Gasteiger partial charge in [-0.1, -0.05) is 36.2 Å². The van der Waals surface area contributed by atoms with Gasteiger partial charge in [0.1, 0.15) is 0 Å². The molecule has 0 saturated carbocycles. The number of unbranched alkanes of at least 4 members (excludes halogenated alkanes) is 1. The van der Waals surface area contributed by atoms with E-state index in [1.807, 2.05) is 13.0 Å². The Bertz CT molecular complexity index is 421. The highest BCUT2D eigenvalue weighted by Crippen LogP contribution is 2.28. The third-order valence-electron chi connectivity index (χ3n) is 3.02. The molecule has 0 amide bonds. The van der Waals surface area contributed by atoms with Crippen molar-refractivity contribution in [3.05, 3.63) is 33.8 Å². The molecule has 1 unspecified atom stereocenters. The van der Waals surface area contributed by atoms with Crippen LogP contribution in [-0.2, 0) is 0 Å². The van der Waals surface area contributed by atoms with E-state index in [4.69, 9.17) is 23.2 Å². The van der Waals surface area contributed by atoms with E-state index in [2.05, 4.69) is 5.32 Å². The molecule has 0 aliphatic heterocycles. The van der Waals surface area contributed by atoms with Crippen LogP contribution in [0.25, 0.3) is 0 Å². The first-order chi connectivity index (χ1) is 9.33. The molecule has 1 N–H and O–H groups in total. The van der Waals surface area contributed by atoms with Gasteiger partial charge in [-0.05, 0) is 43.5 Å². The molecule has 0 aromatic heterocycles. The SMILES string of the molecule is CCC(NCCCCC(F)(F)F)c1ccc(Cl)cc1Cl. The molecule has 1 aromatic carbocycles. The number of benzene rings is 1. The van der Waals surface area contributed by atoms with Crippen LogP contribution < -0.4 is 5.32 Å². The average molecular weight is 328 g/mol. The van der Waals surface area contributed by atoms with Crippen molar-refractivity contribution in [1.29, 1.82) is 0 Å². The Morgan fingerprint density at radius 2 is 1.90 bits per heavy atom. The summed E-state index contributed by atoms with van der Waals surface area (Å²) >= 11 is 12.0. The number of halogens is 5. The Labute approximate surface area is 127 Å². The van der Waals surface area contributed by atoms with Crippen LogP contribution >= 0.6 is 23.2 Å². The van der Waals surface area contributed by atoms with Crippen LogP contribution in [0.1, 0.15) is 44.2 Å². The Morgan fingerprint density at radius 3 is 2.45 bits per heavy atom. The normalized spacial score (nSPS) is 13.5. The maximum Gasteiger partial charge on any atom is 0.389 e. The second kappa shape index (κ2) is 8.11. The van der Waals surface area contributed by atoms with Crippen LogP contribution in [0.5, 0.6) is 0 Å². The number of rotatable bonds is 7. The smallest absolute Gasteiger partial charge is 0.310 e. The molecule has 1 atom stereocenters. The van der Waals surface area contributed by atoms with Gasteiger partial charge in [0.2, 0.25) is 0 Å². The molecule has 0 heterocycles. The molecule has 0 bridgehead atoms. The lowest BCUT2D eigenvalue weighted by molar-refractivity contribution is -0.135. The molecule has 1 nitrogen and oxygen atoms in total. The molecular weight excluding hydrogens is 310 g/mol. The van der Waals surface area contributed by atoms with Gasteiger partial charge in [0.15, 0.2) is 0 Å². The predicted octanol–water partition coefficient (Wildman–Crippen LogP) is 5.77. The van der Waals surface area contributed by atoms with Crippen molar-refractivity contribution in [2.24, 2.45) is 0 Å². The van der Waals surface area contributed by atoms with Crippen molar-refractivity contribution >= 4 is 23.2 Å². The summed E-state index contributed by atoms with van der Waals surface area (Å²) in [7, 11) is 0. The van der Waals surface area contributed by atoms with Gasteiger partial charge in [0.25, 0.3) is 0 Å². The number of alkyl halides is 3. The van der Waals surface area contributed by atoms with E-state index >= 15 is 0 Å². The Balaban J connectivity index is 2.44. The molecule has 0 saturated heterocycles. The molecule has 114 valence electrons. The molecular formula is C14H18Cl2F3N. The highest BCUT2D eigenvalue weighted by Gasteiger charge is 2.25. The predicted molar refractivity (Wildman–Crippen MR) is 77.4 cm³/mol. The summed E-state index contributed by atoms with van der Waals surface area (Å²) in [5.74, 6) is 0. The third-order valence-corrected chi connectivity index (χ3v) is 3.59. The van der Waals surface area contributed by atoms with Crippen LogP contribution in [0.2, 0.25) is 10.0 Å². The van der Waals surface area contributed by atoms with Gasteiger partial charge in [-0.25, -0.2) is 0 Å². The molecule has 0 radical (unpaired) electrons. The van der Waals surface area contributed by atoms with Crippen molar-refractivity contribution in [3.8, 4) is 0 Å². The van der Waals surface area contributed by atoms with Gasteiger partial charge in [0.05, 0.1) is 0 Å². The first kappa shape index (κ1) is 17.6. The van der Waals surface area contributed by atoms with E-state index < -0.39 is 12.6 Å². The van der Waals surface area contributed by atoms with Crippen LogP contribution in [0, 0.1) is 0 Å². The summed E-state index contributed by atoms with van der Waals surface area (Å²) in [6.07, 6.45) is -3.36. The highest BCUT2D eigenvalue weighted by atomic mass is 35.5. The second-order valence-corrected chi connectivity index (χ2v) is 5.50. The fourth-order valence-corrected chi connectivity index (χ4v) is 2.53. The lowest BCUT2D eigenvalue weighted by Crippen LogP contribution is -2.22. The Hall–Kier alpha value is -0.450. The molecule has 20 heavy (non-hydrogen) atoms. The highest BCUT2D eigenvalue weighted by molar-refractivity contribution is 6.35. The van der Waals surface area contributed by atoms with E-state index in [0.717, 1.165) is 12.0 Å². The van der Waals surface area contributed by atoms with Crippen LogP contribution in [0.15, 0.2) is 18.2 Å². The van der Waals surface area contributed by atoms with Crippen LogP contribution in [-0.4, -0.2) is 12.7 Å². The summed E-state index contributed by atoms with van der Waals surface area (Å²) in [6, 6.07) is 5.32.